The summed E-state index contributed by atoms with van der Waals surface area (Å²) in [5, 5.41) is 21.6. The zero-order chi connectivity index (χ0) is 26.6. The fraction of sp³-hybridized carbons (Fsp3) is 0.444. The Labute approximate surface area is 217 Å². The van der Waals surface area contributed by atoms with Crippen molar-refractivity contribution in [3.05, 3.63) is 65.4 Å². The van der Waals surface area contributed by atoms with Gasteiger partial charge in [-0.1, -0.05) is 0 Å². The average molecular weight is 539 g/mol. The number of likely N-dealkylation sites (tertiary alicyclic amines) is 1. The van der Waals surface area contributed by atoms with Crippen LogP contribution in [-0.4, -0.2) is 59.2 Å². The molecule has 200 valence electrons. The van der Waals surface area contributed by atoms with Crippen LogP contribution in [0.1, 0.15) is 37.4 Å². The van der Waals surface area contributed by atoms with Crippen LogP contribution in [0.15, 0.2) is 41.4 Å². The molecule has 0 radical (unpaired) electrons. The van der Waals surface area contributed by atoms with Crippen molar-refractivity contribution in [2.24, 2.45) is 5.41 Å². The second kappa shape index (κ2) is 12.0. The first-order valence-corrected chi connectivity index (χ1v) is 13.1. The number of thioether (sulfide) groups is 1. The van der Waals surface area contributed by atoms with Crippen molar-refractivity contribution in [2.45, 2.75) is 36.7 Å². The normalized spacial score (nSPS) is 16.7. The maximum atomic E-state index is 14.7. The van der Waals surface area contributed by atoms with Gasteiger partial charge in [0.15, 0.2) is 11.6 Å². The van der Waals surface area contributed by atoms with E-state index in [0.717, 1.165) is 24.0 Å². The van der Waals surface area contributed by atoms with Crippen molar-refractivity contribution in [2.75, 3.05) is 39.1 Å². The molecule has 2 N–H and O–H groups in total. The standard InChI is InChI=1S/C27H30F4N2O3S/c1-36-18-2-3-22-19(14-18)25(21(30)15-32-22)23(35)4-5-27(16-34)6-8-33(9-7-27)10-11-37-24-13-17(28)12-20(29)26(24)31/h2-3,12-15,23,34-35H,4-11,16H2,1H3/t23-/m1/s1. The smallest absolute Gasteiger partial charge is 0.172 e. The Morgan fingerprint density at radius 3 is 2.57 bits per heavy atom. The van der Waals surface area contributed by atoms with Gasteiger partial charge in [-0.05, 0) is 68.5 Å². The number of ether oxygens (including phenoxy) is 1. The molecule has 2 aromatic carbocycles. The van der Waals surface area contributed by atoms with Crippen LogP contribution in [0.5, 0.6) is 5.75 Å². The van der Waals surface area contributed by atoms with Crippen molar-refractivity contribution < 1.29 is 32.5 Å². The van der Waals surface area contributed by atoms with E-state index in [1.165, 1.54) is 7.11 Å². The summed E-state index contributed by atoms with van der Waals surface area (Å²) >= 11 is 1.06. The summed E-state index contributed by atoms with van der Waals surface area (Å²) in [6, 6.07) is 6.62. The molecule has 2 heterocycles. The third kappa shape index (κ3) is 6.37. The number of piperidine rings is 1. The molecule has 5 nitrogen and oxygen atoms in total. The molecule has 4 rings (SSSR count). The molecule has 1 fully saturated rings. The van der Waals surface area contributed by atoms with Gasteiger partial charge in [0.25, 0.3) is 0 Å². The summed E-state index contributed by atoms with van der Waals surface area (Å²) in [5.74, 6) is -2.64. The van der Waals surface area contributed by atoms with Crippen LogP contribution in [0.25, 0.3) is 10.9 Å². The number of hydrogen-bond donors (Lipinski definition) is 2. The van der Waals surface area contributed by atoms with Crippen molar-refractivity contribution in [1.29, 1.82) is 0 Å². The van der Waals surface area contributed by atoms with E-state index in [1.807, 2.05) is 0 Å². The largest absolute Gasteiger partial charge is 0.497 e. The minimum atomic E-state index is -1.20. The van der Waals surface area contributed by atoms with Gasteiger partial charge in [-0.25, -0.2) is 17.6 Å². The van der Waals surface area contributed by atoms with Gasteiger partial charge in [0.05, 0.1) is 24.9 Å². The van der Waals surface area contributed by atoms with Gasteiger partial charge in [-0.15, -0.1) is 11.8 Å². The monoisotopic (exact) mass is 538 g/mol. The van der Waals surface area contributed by atoms with Gasteiger partial charge in [0.2, 0.25) is 0 Å². The molecule has 1 atom stereocenters. The first-order valence-electron chi connectivity index (χ1n) is 12.2. The number of aromatic nitrogens is 1. The van der Waals surface area contributed by atoms with Crippen molar-refractivity contribution in [3.63, 3.8) is 0 Å². The van der Waals surface area contributed by atoms with Gasteiger partial charge in [-0.3, -0.25) is 4.98 Å². The number of hydrogen-bond acceptors (Lipinski definition) is 6. The quantitative estimate of drug-likeness (QED) is 0.203. The van der Waals surface area contributed by atoms with Crippen LogP contribution in [0, 0.1) is 28.7 Å². The fourth-order valence-electron chi connectivity index (χ4n) is 4.88. The highest BCUT2D eigenvalue weighted by Crippen LogP contribution is 2.39. The van der Waals surface area contributed by atoms with Crippen molar-refractivity contribution in [1.82, 2.24) is 9.88 Å². The zero-order valence-electron chi connectivity index (χ0n) is 20.5. The number of nitrogens with zero attached hydrogens (tertiary/aromatic N) is 2. The van der Waals surface area contributed by atoms with E-state index in [1.54, 1.807) is 18.2 Å². The summed E-state index contributed by atoms with van der Waals surface area (Å²) in [6.45, 7) is 1.91. The van der Waals surface area contributed by atoms with Gasteiger partial charge in [0.1, 0.15) is 17.4 Å². The maximum Gasteiger partial charge on any atom is 0.172 e. The van der Waals surface area contributed by atoms with E-state index in [-0.39, 0.29) is 23.5 Å². The van der Waals surface area contributed by atoms with Crippen LogP contribution in [0.3, 0.4) is 0 Å². The Kier molecular flexibility index (Phi) is 8.94. The minimum absolute atomic E-state index is 0.0521. The minimum Gasteiger partial charge on any atom is -0.497 e. The lowest BCUT2D eigenvalue weighted by Gasteiger charge is -2.41. The molecular formula is C27H30F4N2O3S. The van der Waals surface area contributed by atoms with Crippen molar-refractivity contribution in [3.8, 4) is 5.75 Å². The molecule has 1 aromatic heterocycles. The lowest BCUT2D eigenvalue weighted by Crippen LogP contribution is -2.43. The summed E-state index contributed by atoms with van der Waals surface area (Å²) < 4.78 is 60.6. The average Bonchev–Trinajstić information content (AvgIpc) is 2.90. The SMILES string of the molecule is COc1ccc2ncc(F)c([C@H](O)CCC3(CO)CCN(CCSc4cc(F)cc(F)c4F)CC3)c2c1. The molecule has 1 saturated heterocycles. The van der Waals surface area contributed by atoms with Gasteiger partial charge >= 0.3 is 0 Å². The maximum absolute atomic E-state index is 14.7. The number of halogens is 4. The van der Waals surface area contributed by atoms with Gasteiger partial charge in [0, 0.05) is 40.8 Å². The second-order valence-electron chi connectivity index (χ2n) is 9.51. The van der Waals surface area contributed by atoms with Gasteiger partial charge in [-0.2, -0.15) is 0 Å². The lowest BCUT2D eigenvalue weighted by atomic mass is 9.74. The number of pyridine rings is 1. The van der Waals surface area contributed by atoms with Gasteiger partial charge < -0.3 is 19.8 Å². The molecule has 0 aliphatic carbocycles. The molecule has 1 aliphatic heterocycles. The summed E-state index contributed by atoms with van der Waals surface area (Å²) in [7, 11) is 1.51. The fourth-order valence-corrected chi connectivity index (χ4v) is 5.87. The van der Waals surface area contributed by atoms with Crippen LogP contribution in [0.4, 0.5) is 17.6 Å². The highest BCUT2D eigenvalue weighted by Gasteiger charge is 2.35. The molecule has 0 saturated carbocycles. The Hall–Kier alpha value is -2.40. The Morgan fingerprint density at radius 2 is 1.86 bits per heavy atom. The topological polar surface area (TPSA) is 65.8 Å². The summed E-state index contributed by atoms with van der Waals surface area (Å²) in [6.07, 6.45) is 2.17. The molecule has 3 aromatic rings. The highest BCUT2D eigenvalue weighted by molar-refractivity contribution is 7.99. The summed E-state index contributed by atoms with van der Waals surface area (Å²) in [5.41, 5.74) is 0.326. The predicted octanol–water partition coefficient (Wildman–Crippen LogP) is 5.48. The van der Waals surface area contributed by atoms with Crippen LogP contribution in [0.2, 0.25) is 0 Å². The van der Waals surface area contributed by atoms with E-state index < -0.39 is 34.8 Å². The number of rotatable bonds is 10. The van der Waals surface area contributed by atoms with Crippen molar-refractivity contribution >= 4 is 22.7 Å². The Balaban J connectivity index is 1.33. The first kappa shape index (κ1) is 27.6. The number of aliphatic hydroxyl groups is 2. The third-order valence-corrected chi connectivity index (χ3v) is 8.22. The number of benzene rings is 2. The molecule has 0 amide bonds. The van der Waals surface area contributed by atoms with E-state index in [0.29, 0.717) is 67.4 Å². The molecule has 0 bridgehead atoms. The number of methoxy groups -OCH3 is 1. The predicted molar refractivity (Wildman–Crippen MR) is 135 cm³/mol. The van der Waals surface area contributed by atoms with E-state index in [4.69, 9.17) is 4.74 Å². The van der Waals surface area contributed by atoms with E-state index >= 15 is 0 Å². The molecule has 10 heteroatoms. The van der Waals surface area contributed by atoms with E-state index in [9.17, 15) is 27.8 Å². The molecule has 37 heavy (non-hydrogen) atoms. The van der Waals surface area contributed by atoms with Crippen LogP contribution >= 0.6 is 11.8 Å². The number of aliphatic hydroxyl groups excluding tert-OH is 2. The first-order chi connectivity index (χ1) is 17.7. The Bertz CT molecular complexity index is 1240. The zero-order valence-corrected chi connectivity index (χ0v) is 21.3. The summed E-state index contributed by atoms with van der Waals surface area (Å²) in [4.78, 5) is 6.20. The van der Waals surface area contributed by atoms with Crippen LogP contribution in [-0.2, 0) is 0 Å². The Morgan fingerprint density at radius 1 is 1.11 bits per heavy atom. The third-order valence-electron chi connectivity index (χ3n) is 7.23. The molecule has 0 unspecified atom stereocenters. The number of fused-ring (bicyclic) bond motifs is 1. The highest BCUT2D eigenvalue weighted by atomic mass is 32.2. The molecule has 1 aliphatic rings. The van der Waals surface area contributed by atoms with Crippen LogP contribution < -0.4 is 4.74 Å². The second-order valence-corrected chi connectivity index (χ2v) is 10.6. The van der Waals surface area contributed by atoms with E-state index in [2.05, 4.69) is 9.88 Å². The molecular weight excluding hydrogens is 508 g/mol. The lowest BCUT2D eigenvalue weighted by molar-refractivity contribution is 0.0251. The molecule has 0 spiro atoms.